The molecule has 11 heteroatoms. The smallest absolute Gasteiger partial charge is 0.250 e. The molecule has 1 aliphatic heterocycles. The summed E-state index contributed by atoms with van der Waals surface area (Å²) in [6.45, 7) is -0.341. The second-order valence-corrected chi connectivity index (χ2v) is 9.03. The lowest BCUT2D eigenvalue weighted by atomic mass is 9.61. The molecule has 1 aromatic carbocycles. The molecule has 1 saturated heterocycles. The Kier molecular flexibility index (Phi) is 5.08. The first-order valence-corrected chi connectivity index (χ1v) is 10.7. The number of amides is 2. The highest BCUT2D eigenvalue weighted by Gasteiger charge is 2.63. The number of nitrogens with one attached hydrogen (secondary N) is 2. The molecule has 2 aromatic heterocycles. The van der Waals surface area contributed by atoms with Crippen LogP contribution in [0.5, 0.6) is 0 Å². The molecule has 3 aromatic rings. The van der Waals surface area contributed by atoms with Gasteiger partial charge in [0.05, 0.1) is 23.7 Å². The Morgan fingerprint density at radius 1 is 1.15 bits per heavy atom. The van der Waals surface area contributed by atoms with Gasteiger partial charge in [-0.2, -0.15) is 5.10 Å². The van der Waals surface area contributed by atoms with Gasteiger partial charge in [0.1, 0.15) is 23.5 Å². The number of aromatic nitrogens is 3. The first-order chi connectivity index (χ1) is 15.7. The molecule has 2 N–H and O–H groups in total. The number of carbonyl (C=O) groups is 2. The minimum Gasteiger partial charge on any atom is -0.327 e. The number of fused-ring (bicyclic) bond motifs is 1. The fourth-order valence-electron chi connectivity index (χ4n) is 4.72. The number of H-pyrrole nitrogens is 1. The van der Waals surface area contributed by atoms with Crippen LogP contribution in [0.15, 0.2) is 42.6 Å². The van der Waals surface area contributed by atoms with Crippen molar-refractivity contribution >= 4 is 40.3 Å². The molecule has 0 spiro atoms. The number of halogens is 4. The van der Waals surface area contributed by atoms with E-state index in [2.05, 4.69) is 20.5 Å². The van der Waals surface area contributed by atoms with Crippen LogP contribution in [0.2, 0.25) is 5.02 Å². The van der Waals surface area contributed by atoms with Gasteiger partial charge in [-0.05, 0) is 29.8 Å². The van der Waals surface area contributed by atoms with Crippen LogP contribution < -0.4 is 5.32 Å². The Hall–Kier alpha value is -3.14. The lowest BCUT2D eigenvalue weighted by Gasteiger charge is -2.48. The van der Waals surface area contributed by atoms with Crippen molar-refractivity contribution in [3.8, 4) is 0 Å². The van der Waals surface area contributed by atoms with E-state index in [4.69, 9.17) is 11.6 Å². The Balaban J connectivity index is 1.41. The van der Waals surface area contributed by atoms with E-state index < -0.39 is 48.2 Å². The average molecular weight is 478 g/mol. The molecule has 3 heterocycles. The summed E-state index contributed by atoms with van der Waals surface area (Å²) in [5.41, 5.74) is 0.0283. The Morgan fingerprint density at radius 2 is 1.88 bits per heavy atom. The van der Waals surface area contributed by atoms with Crippen molar-refractivity contribution in [2.24, 2.45) is 0 Å². The van der Waals surface area contributed by atoms with Crippen LogP contribution in [0.4, 0.5) is 19.0 Å². The van der Waals surface area contributed by atoms with Crippen molar-refractivity contribution in [2.75, 3.05) is 11.9 Å². The van der Waals surface area contributed by atoms with Crippen molar-refractivity contribution in [3.63, 3.8) is 0 Å². The number of anilines is 1. The summed E-state index contributed by atoms with van der Waals surface area (Å²) in [4.78, 5) is 31.9. The van der Waals surface area contributed by atoms with Gasteiger partial charge in [-0.15, -0.1) is 0 Å². The maximum atomic E-state index is 14.4. The molecule has 7 nitrogen and oxygen atoms in total. The zero-order valence-corrected chi connectivity index (χ0v) is 18.0. The number of hydrogen-bond acceptors (Lipinski definition) is 4. The van der Waals surface area contributed by atoms with E-state index in [1.807, 2.05) is 0 Å². The third kappa shape index (κ3) is 3.82. The molecule has 2 amide bonds. The van der Waals surface area contributed by atoms with Crippen LogP contribution in [0.1, 0.15) is 24.8 Å². The van der Waals surface area contributed by atoms with E-state index in [-0.39, 0.29) is 18.8 Å². The van der Waals surface area contributed by atoms with Gasteiger partial charge in [-0.3, -0.25) is 14.7 Å². The van der Waals surface area contributed by atoms with Crippen LogP contribution in [0.3, 0.4) is 0 Å². The summed E-state index contributed by atoms with van der Waals surface area (Å²) in [5, 5.41) is 9.61. The van der Waals surface area contributed by atoms with E-state index >= 15 is 0 Å². The lowest BCUT2D eigenvalue weighted by molar-refractivity contribution is -0.169. The summed E-state index contributed by atoms with van der Waals surface area (Å²) in [6.07, 6.45) is -1.60. The zero-order chi connectivity index (χ0) is 23.4. The fraction of sp³-hybridized carbons (Fsp3) is 0.364. The fourth-order valence-corrected chi connectivity index (χ4v) is 4.85. The van der Waals surface area contributed by atoms with Gasteiger partial charge in [0.2, 0.25) is 11.8 Å². The van der Waals surface area contributed by atoms with Gasteiger partial charge in [-0.25, -0.2) is 18.2 Å². The SMILES string of the molecule is O=C(Nc1ccc2[nH]ncc2n1)[C@H]1C[C@@H](F)CN1C(=O)C1(c2ccc(Cl)cc2)CC(F)(F)C1. The maximum absolute atomic E-state index is 14.4. The highest BCUT2D eigenvalue weighted by Crippen LogP contribution is 2.55. The summed E-state index contributed by atoms with van der Waals surface area (Å²) in [6, 6.07) is 8.17. The topological polar surface area (TPSA) is 91.0 Å². The average Bonchev–Trinajstić information content (AvgIpc) is 3.37. The van der Waals surface area contributed by atoms with Gasteiger partial charge in [0.25, 0.3) is 5.92 Å². The number of pyridine rings is 1. The molecule has 5 rings (SSSR count). The van der Waals surface area contributed by atoms with Gasteiger partial charge in [-0.1, -0.05) is 23.7 Å². The maximum Gasteiger partial charge on any atom is 0.250 e. The van der Waals surface area contributed by atoms with Crippen LogP contribution in [0, 0.1) is 0 Å². The molecule has 1 aliphatic carbocycles. The minimum absolute atomic E-state index is 0.214. The predicted molar refractivity (Wildman–Crippen MR) is 115 cm³/mol. The Morgan fingerprint density at radius 3 is 2.58 bits per heavy atom. The molecule has 2 atom stereocenters. The number of rotatable bonds is 4. The molecule has 2 aliphatic rings. The van der Waals surface area contributed by atoms with E-state index in [1.54, 1.807) is 12.1 Å². The summed E-state index contributed by atoms with van der Waals surface area (Å²) in [5.74, 6) is -4.12. The highest BCUT2D eigenvalue weighted by molar-refractivity contribution is 6.30. The molecule has 1 saturated carbocycles. The van der Waals surface area contributed by atoms with Gasteiger partial charge in [0, 0.05) is 24.3 Å². The molecule has 172 valence electrons. The zero-order valence-electron chi connectivity index (χ0n) is 17.2. The van der Waals surface area contributed by atoms with Gasteiger partial charge in [0.15, 0.2) is 0 Å². The van der Waals surface area contributed by atoms with Crippen molar-refractivity contribution in [1.29, 1.82) is 0 Å². The highest BCUT2D eigenvalue weighted by atomic mass is 35.5. The monoisotopic (exact) mass is 477 g/mol. The van der Waals surface area contributed by atoms with Gasteiger partial charge >= 0.3 is 0 Å². The molecular weight excluding hydrogens is 459 g/mol. The number of likely N-dealkylation sites (tertiary alicyclic amines) is 1. The van der Waals surface area contributed by atoms with Crippen molar-refractivity contribution in [2.45, 2.75) is 42.8 Å². The largest absolute Gasteiger partial charge is 0.327 e. The molecule has 2 fully saturated rings. The number of nitrogens with zero attached hydrogens (tertiary/aromatic N) is 3. The molecule has 0 radical (unpaired) electrons. The van der Waals surface area contributed by atoms with Crippen LogP contribution >= 0.6 is 11.6 Å². The van der Waals surface area contributed by atoms with Gasteiger partial charge < -0.3 is 10.2 Å². The standard InChI is InChI=1S/C22H19ClF3N5O2/c23-13-3-1-12(2-4-13)21(10-22(25,26)11-21)20(33)31-9-14(24)7-17(31)19(32)29-18-6-5-15-16(28-18)8-27-30-15/h1-6,8,14,17H,7,9-11H2,(H,27,30)(H,28,29,32)/t14-,17-/m1/s1. The molecule has 33 heavy (non-hydrogen) atoms. The molecule has 0 unspecified atom stereocenters. The van der Waals surface area contributed by atoms with E-state index in [1.165, 1.54) is 30.5 Å². The Labute approximate surface area is 191 Å². The molecular formula is C22H19ClF3N5O2. The summed E-state index contributed by atoms with van der Waals surface area (Å²) in [7, 11) is 0. The first-order valence-electron chi connectivity index (χ1n) is 10.4. The quantitative estimate of drug-likeness (QED) is 0.597. The normalized spacial score (nSPS) is 23.3. The van der Waals surface area contributed by atoms with Crippen LogP contribution in [-0.2, 0) is 15.0 Å². The van der Waals surface area contributed by atoms with Crippen molar-refractivity contribution in [1.82, 2.24) is 20.1 Å². The first kappa shape index (κ1) is 21.7. The second-order valence-electron chi connectivity index (χ2n) is 8.59. The second kappa shape index (κ2) is 7.72. The van der Waals surface area contributed by atoms with Crippen molar-refractivity contribution in [3.05, 3.63) is 53.2 Å². The summed E-state index contributed by atoms with van der Waals surface area (Å²) < 4.78 is 42.4. The third-order valence-electron chi connectivity index (χ3n) is 6.29. The minimum atomic E-state index is -3.02. The van der Waals surface area contributed by atoms with E-state index in [0.717, 1.165) is 4.90 Å². The number of carbonyl (C=O) groups excluding carboxylic acids is 2. The van der Waals surface area contributed by atoms with E-state index in [9.17, 15) is 22.8 Å². The van der Waals surface area contributed by atoms with E-state index in [0.29, 0.717) is 21.6 Å². The number of aromatic amines is 1. The predicted octanol–water partition coefficient (Wildman–Crippen LogP) is 3.86. The summed E-state index contributed by atoms with van der Waals surface area (Å²) >= 11 is 5.92. The number of alkyl halides is 3. The van der Waals surface area contributed by atoms with Crippen LogP contribution in [-0.4, -0.2) is 56.6 Å². The lowest BCUT2D eigenvalue weighted by Crippen LogP contribution is -2.60. The molecule has 0 bridgehead atoms. The number of benzene rings is 1. The third-order valence-corrected chi connectivity index (χ3v) is 6.54. The Bertz CT molecular complexity index is 1220. The van der Waals surface area contributed by atoms with Crippen molar-refractivity contribution < 1.29 is 22.8 Å². The van der Waals surface area contributed by atoms with Crippen LogP contribution in [0.25, 0.3) is 11.0 Å². The number of hydrogen-bond donors (Lipinski definition) is 2.